The topological polar surface area (TPSA) is 110 Å². The van der Waals surface area contributed by atoms with Gasteiger partial charge < -0.3 is 19.9 Å². The highest BCUT2D eigenvalue weighted by atomic mass is 32.2. The summed E-state index contributed by atoms with van der Waals surface area (Å²) < 4.78 is 12.0. The standard InChI is InChI=1S/C25H25N3O5S2/c1-15-5-3-4-6-17(15)13-33-20-10-18(23(29)28-25-26-12-22(35-25)24(30)31)9-19(11-20)32-8-7-21-16(2)27-14-34-21/h3-6,9-11,14,22H,7-8,12-13H2,1-2H3,(H,30,31)(H,26,28,29). The summed E-state index contributed by atoms with van der Waals surface area (Å²) in [5.74, 6) is -0.369. The quantitative estimate of drug-likeness (QED) is 0.442. The van der Waals surface area contributed by atoms with E-state index in [4.69, 9.17) is 14.6 Å². The Labute approximate surface area is 211 Å². The van der Waals surface area contributed by atoms with Crippen molar-refractivity contribution in [2.24, 2.45) is 4.99 Å². The number of benzene rings is 2. The van der Waals surface area contributed by atoms with Gasteiger partial charge in [-0.1, -0.05) is 36.0 Å². The van der Waals surface area contributed by atoms with Crippen molar-refractivity contribution in [3.8, 4) is 11.5 Å². The number of thioether (sulfide) groups is 1. The second-order valence-electron chi connectivity index (χ2n) is 7.91. The average molecular weight is 512 g/mol. The number of amidine groups is 1. The van der Waals surface area contributed by atoms with Crippen LogP contribution >= 0.6 is 23.1 Å². The molecular weight excluding hydrogens is 486 g/mol. The van der Waals surface area contributed by atoms with Crippen LogP contribution in [-0.2, 0) is 17.8 Å². The lowest BCUT2D eigenvalue weighted by Gasteiger charge is -2.13. The zero-order valence-electron chi connectivity index (χ0n) is 19.3. The molecule has 1 aliphatic rings. The van der Waals surface area contributed by atoms with Crippen LogP contribution in [0, 0.1) is 13.8 Å². The molecule has 8 nitrogen and oxygen atoms in total. The van der Waals surface area contributed by atoms with Crippen LogP contribution in [0.3, 0.4) is 0 Å². The first-order valence-electron chi connectivity index (χ1n) is 11.0. The van der Waals surface area contributed by atoms with Gasteiger partial charge in [0.2, 0.25) is 0 Å². The first-order valence-corrected chi connectivity index (χ1v) is 12.7. The third-order valence-corrected chi connectivity index (χ3v) is 7.48. The second-order valence-corrected chi connectivity index (χ2v) is 10.0. The van der Waals surface area contributed by atoms with Crippen LogP contribution in [0.1, 0.15) is 32.1 Å². The number of hydrogen-bond acceptors (Lipinski definition) is 8. The zero-order chi connectivity index (χ0) is 24.8. The molecule has 0 radical (unpaired) electrons. The molecule has 1 atom stereocenters. The molecule has 0 spiro atoms. The van der Waals surface area contributed by atoms with E-state index >= 15 is 0 Å². The first-order chi connectivity index (χ1) is 16.9. The molecule has 1 amide bonds. The van der Waals surface area contributed by atoms with Gasteiger partial charge in [-0.3, -0.25) is 14.6 Å². The number of aliphatic carboxylic acids is 1. The van der Waals surface area contributed by atoms with E-state index in [0.29, 0.717) is 36.7 Å². The van der Waals surface area contributed by atoms with Crippen molar-refractivity contribution in [3.05, 3.63) is 75.2 Å². The molecule has 4 rings (SSSR count). The van der Waals surface area contributed by atoms with Crippen LogP contribution < -0.4 is 14.8 Å². The number of thiazole rings is 1. The van der Waals surface area contributed by atoms with Crippen molar-refractivity contribution in [3.63, 3.8) is 0 Å². The second kappa shape index (κ2) is 11.4. The molecular formula is C25H25N3O5S2. The maximum absolute atomic E-state index is 12.9. The summed E-state index contributed by atoms with van der Waals surface area (Å²) in [7, 11) is 0. The largest absolute Gasteiger partial charge is 0.493 e. The van der Waals surface area contributed by atoms with Gasteiger partial charge >= 0.3 is 5.97 Å². The van der Waals surface area contributed by atoms with Crippen molar-refractivity contribution in [1.82, 2.24) is 10.3 Å². The monoisotopic (exact) mass is 511 g/mol. The summed E-state index contributed by atoms with van der Waals surface area (Å²) in [5, 5.41) is 11.4. The van der Waals surface area contributed by atoms with Crippen LogP contribution in [0.25, 0.3) is 0 Å². The molecule has 3 aromatic rings. The minimum Gasteiger partial charge on any atom is -0.493 e. The van der Waals surface area contributed by atoms with Crippen LogP contribution in [0.2, 0.25) is 0 Å². The SMILES string of the molecule is Cc1ccccc1COc1cc(OCCc2scnc2C)cc(C(=O)NC2=NCC(C(=O)O)S2)c1. The van der Waals surface area contributed by atoms with Gasteiger partial charge in [0.15, 0.2) is 5.17 Å². The molecule has 2 aromatic carbocycles. The van der Waals surface area contributed by atoms with Gasteiger partial charge in [-0.25, -0.2) is 4.98 Å². The Bertz CT molecular complexity index is 1260. The lowest BCUT2D eigenvalue weighted by Crippen LogP contribution is -2.28. The van der Waals surface area contributed by atoms with E-state index in [0.717, 1.165) is 33.5 Å². The predicted octanol–water partition coefficient (Wildman–Crippen LogP) is 4.25. The van der Waals surface area contributed by atoms with E-state index in [9.17, 15) is 9.59 Å². The van der Waals surface area contributed by atoms with Crippen molar-refractivity contribution in [2.45, 2.75) is 32.1 Å². The highest BCUT2D eigenvalue weighted by molar-refractivity contribution is 8.15. The fraction of sp³-hybridized carbons (Fsp3) is 0.280. The van der Waals surface area contributed by atoms with Gasteiger partial charge in [0, 0.05) is 22.9 Å². The maximum atomic E-state index is 12.9. The number of aliphatic imine (C=N–C) groups is 1. The van der Waals surface area contributed by atoms with Gasteiger partial charge in [-0.05, 0) is 37.1 Å². The van der Waals surface area contributed by atoms with E-state index < -0.39 is 17.1 Å². The minimum atomic E-state index is -0.957. The number of rotatable bonds is 9. The molecule has 1 unspecified atom stereocenters. The molecule has 35 heavy (non-hydrogen) atoms. The highest BCUT2D eigenvalue weighted by Crippen LogP contribution is 2.26. The van der Waals surface area contributed by atoms with Crippen LogP contribution in [0.4, 0.5) is 0 Å². The molecule has 0 bridgehead atoms. The van der Waals surface area contributed by atoms with Gasteiger partial charge in [-0.2, -0.15) is 0 Å². The average Bonchev–Trinajstić information content (AvgIpc) is 3.47. The summed E-state index contributed by atoms with van der Waals surface area (Å²) in [6.45, 7) is 4.88. The molecule has 0 aliphatic carbocycles. The molecule has 0 saturated carbocycles. The lowest BCUT2D eigenvalue weighted by molar-refractivity contribution is -0.136. The molecule has 0 saturated heterocycles. The number of carbonyl (C=O) groups excluding carboxylic acids is 1. The van der Waals surface area contributed by atoms with Crippen molar-refractivity contribution in [2.75, 3.05) is 13.2 Å². The third kappa shape index (κ3) is 6.61. The fourth-order valence-electron chi connectivity index (χ4n) is 3.37. The third-order valence-electron chi connectivity index (χ3n) is 5.39. The van der Waals surface area contributed by atoms with Crippen molar-refractivity contribution in [1.29, 1.82) is 0 Å². The van der Waals surface area contributed by atoms with Crippen LogP contribution in [0.15, 0.2) is 53.0 Å². The fourth-order valence-corrected chi connectivity index (χ4v) is 4.95. The number of carboxylic acid groups (broad SMARTS) is 1. The molecule has 1 aromatic heterocycles. The highest BCUT2D eigenvalue weighted by Gasteiger charge is 2.27. The van der Waals surface area contributed by atoms with E-state index in [1.54, 1.807) is 29.5 Å². The minimum absolute atomic E-state index is 0.126. The molecule has 10 heteroatoms. The van der Waals surface area contributed by atoms with Gasteiger partial charge in [-0.15, -0.1) is 11.3 Å². The Balaban J connectivity index is 1.48. The van der Waals surface area contributed by atoms with E-state index in [2.05, 4.69) is 15.3 Å². The molecule has 2 heterocycles. The Morgan fingerprint density at radius 1 is 1.14 bits per heavy atom. The molecule has 1 aliphatic heterocycles. The van der Waals surface area contributed by atoms with Crippen LogP contribution in [-0.4, -0.2) is 45.5 Å². The molecule has 2 N–H and O–H groups in total. The number of nitrogens with zero attached hydrogens (tertiary/aromatic N) is 2. The van der Waals surface area contributed by atoms with Gasteiger partial charge in [0.05, 0.1) is 24.4 Å². The summed E-state index contributed by atoms with van der Waals surface area (Å²) in [5.41, 5.74) is 5.29. The Kier molecular flexibility index (Phi) is 8.04. The van der Waals surface area contributed by atoms with E-state index in [-0.39, 0.29) is 11.7 Å². The van der Waals surface area contributed by atoms with Gasteiger partial charge in [0.25, 0.3) is 5.91 Å². The number of aryl methyl sites for hydroxylation is 2. The Morgan fingerprint density at radius 2 is 1.91 bits per heavy atom. The number of carboxylic acids is 1. The number of hydrogen-bond donors (Lipinski definition) is 2. The van der Waals surface area contributed by atoms with Crippen LogP contribution in [0.5, 0.6) is 11.5 Å². The summed E-state index contributed by atoms with van der Waals surface area (Å²) >= 11 is 2.61. The Morgan fingerprint density at radius 3 is 2.60 bits per heavy atom. The Hall–Kier alpha value is -3.37. The predicted molar refractivity (Wildman–Crippen MR) is 137 cm³/mol. The number of carbonyl (C=O) groups is 2. The van der Waals surface area contributed by atoms with E-state index in [1.165, 1.54) is 0 Å². The number of amides is 1. The summed E-state index contributed by atoms with van der Waals surface area (Å²) in [6, 6.07) is 13.0. The number of ether oxygens (including phenoxy) is 2. The van der Waals surface area contributed by atoms with E-state index in [1.807, 2.05) is 43.6 Å². The molecule has 0 fully saturated rings. The zero-order valence-corrected chi connectivity index (χ0v) is 20.9. The first kappa shape index (κ1) is 24.7. The lowest BCUT2D eigenvalue weighted by atomic mass is 10.1. The normalized spacial score (nSPS) is 14.9. The van der Waals surface area contributed by atoms with Crippen molar-refractivity contribution < 1.29 is 24.2 Å². The smallest absolute Gasteiger partial charge is 0.319 e. The summed E-state index contributed by atoms with van der Waals surface area (Å²) in [4.78, 5) is 33.6. The van der Waals surface area contributed by atoms with Gasteiger partial charge in [0.1, 0.15) is 23.4 Å². The maximum Gasteiger partial charge on any atom is 0.319 e. The summed E-state index contributed by atoms with van der Waals surface area (Å²) in [6.07, 6.45) is 0.705. The number of nitrogens with one attached hydrogen (secondary N) is 1. The van der Waals surface area contributed by atoms with Crippen molar-refractivity contribution >= 4 is 40.1 Å². The molecule has 182 valence electrons. The number of aromatic nitrogens is 1.